The number of amides is 1. The molecule has 0 aliphatic carbocycles. The molecule has 3 rings (SSSR count). The number of carbonyl (C=O) groups is 1. The van der Waals surface area contributed by atoms with Crippen LogP contribution in [0.1, 0.15) is 31.9 Å². The Morgan fingerprint density at radius 2 is 1.74 bits per heavy atom. The molecule has 1 amide bonds. The molecule has 0 saturated heterocycles. The first-order chi connectivity index (χ1) is 13.1. The molecule has 1 aliphatic heterocycles. The van der Waals surface area contributed by atoms with Crippen molar-refractivity contribution in [3.63, 3.8) is 0 Å². The lowest BCUT2D eigenvalue weighted by atomic mass is 10.0. The van der Waals surface area contributed by atoms with Crippen LogP contribution in [0.3, 0.4) is 0 Å². The third kappa shape index (κ3) is 4.54. The number of ether oxygens (including phenoxy) is 2. The fourth-order valence-corrected chi connectivity index (χ4v) is 3.43. The number of likely N-dealkylation sites (N-methyl/N-ethyl adjacent to an activating group) is 1. The topological polar surface area (TPSA) is 50.8 Å². The van der Waals surface area contributed by atoms with E-state index in [1.165, 1.54) is 0 Å². The summed E-state index contributed by atoms with van der Waals surface area (Å²) in [7, 11) is 0. The smallest absolute Gasteiger partial charge is 0.246 e. The van der Waals surface area contributed by atoms with Crippen LogP contribution in [0.2, 0.25) is 5.02 Å². The molecule has 0 radical (unpaired) electrons. The van der Waals surface area contributed by atoms with E-state index in [9.17, 15) is 4.79 Å². The second-order valence-corrected chi connectivity index (χ2v) is 6.76. The Hall–Kier alpha value is -2.24. The molecule has 0 saturated carbocycles. The molecule has 1 aliphatic rings. The number of rotatable bonds is 6. The fraction of sp³-hybridized carbons (Fsp3) is 0.381. The minimum Gasteiger partial charge on any atom is -0.490 e. The van der Waals surface area contributed by atoms with Gasteiger partial charge in [0.25, 0.3) is 0 Å². The van der Waals surface area contributed by atoms with Gasteiger partial charge in [-0.05, 0) is 18.7 Å². The first kappa shape index (κ1) is 19.5. The van der Waals surface area contributed by atoms with Crippen molar-refractivity contribution in [2.75, 3.05) is 31.6 Å². The minimum absolute atomic E-state index is 0.124. The number of hydrogen-bond donors (Lipinski definition) is 1. The summed E-state index contributed by atoms with van der Waals surface area (Å²) >= 11 is 6.39. The van der Waals surface area contributed by atoms with Crippen LogP contribution in [0.25, 0.3) is 0 Å². The van der Waals surface area contributed by atoms with Gasteiger partial charge in [-0.1, -0.05) is 55.8 Å². The third-order valence-electron chi connectivity index (χ3n) is 4.64. The van der Waals surface area contributed by atoms with Gasteiger partial charge >= 0.3 is 0 Å². The van der Waals surface area contributed by atoms with E-state index in [1.54, 1.807) is 12.1 Å². The van der Waals surface area contributed by atoms with Gasteiger partial charge in [0.2, 0.25) is 5.91 Å². The Morgan fingerprint density at radius 3 is 2.37 bits per heavy atom. The number of carbonyl (C=O) groups excluding carboxylic acids is 1. The zero-order valence-electron chi connectivity index (χ0n) is 15.7. The number of benzene rings is 2. The zero-order chi connectivity index (χ0) is 19.2. The Kier molecular flexibility index (Phi) is 6.58. The number of halogens is 1. The lowest BCUT2D eigenvalue weighted by molar-refractivity contribution is -0.121. The molecule has 6 heteroatoms. The molecule has 0 bridgehead atoms. The molecular weight excluding hydrogens is 364 g/mol. The van der Waals surface area contributed by atoms with Crippen LogP contribution in [0, 0.1) is 0 Å². The highest BCUT2D eigenvalue weighted by Crippen LogP contribution is 2.38. The highest BCUT2D eigenvalue weighted by atomic mass is 35.5. The van der Waals surface area contributed by atoms with Gasteiger partial charge in [-0.15, -0.1) is 0 Å². The van der Waals surface area contributed by atoms with E-state index in [1.807, 2.05) is 44.2 Å². The van der Waals surface area contributed by atoms with E-state index in [-0.39, 0.29) is 5.91 Å². The number of nitrogens with one attached hydrogen (secondary N) is 1. The normalized spacial score (nSPS) is 14.5. The predicted molar refractivity (Wildman–Crippen MR) is 108 cm³/mol. The molecule has 1 heterocycles. The summed E-state index contributed by atoms with van der Waals surface area (Å²) < 4.78 is 11.4. The third-order valence-corrected chi connectivity index (χ3v) is 4.95. The second kappa shape index (κ2) is 9.11. The summed E-state index contributed by atoms with van der Waals surface area (Å²) in [6, 6.07) is 12.8. The van der Waals surface area contributed by atoms with Crippen molar-refractivity contribution >= 4 is 23.2 Å². The highest BCUT2D eigenvalue weighted by Gasteiger charge is 2.27. The van der Waals surface area contributed by atoms with E-state index in [0.717, 1.165) is 25.1 Å². The summed E-state index contributed by atoms with van der Waals surface area (Å²) in [5, 5.41) is 3.41. The summed E-state index contributed by atoms with van der Waals surface area (Å²) in [5.74, 6) is 1.09. The first-order valence-corrected chi connectivity index (χ1v) is 9.70. The molecule has 0 spiro atoms. The van der Waals surface area contributed by atoms with Crippen molar-refractivity contribution in [1.82, 2.24) is 4.90 Å². The van der Waals surface area contributed by atoms with Gasteiger partial charge in [0, 0.05) is 18.6 Å². The fourth-order valence-electron chi connectivity index (χ4n) is 3.23. The minimum atomic E-state index is -0.395. The number of anilines is 1. The van der Waals surface area contributed by atoms with Crippen molar-refractivity contribution in [1.29, 1.82) is 0 Å². The molecule has 27 heavy (non-hydrogen) atoms. The van der Waals surface area contributed by atoms with E-state index in [2.05, 4.69) is 10.2 Å². The van der Waals surface area contributed by atoms with Crippen LogP contribution >= 0.6 is 11.6 Å². The second-order valence-electron chi connectivity index (χ2n) is 6.35. The molecule has 5 nitrogen and oxygen atoms in total. The van der Waals surface area contributed by atoms with E-state index < -0.39 is 6.04 Å². The number of nitrogens with zero attached hydrogens (tertiary/aromatic N) is 1. The van der Waals surface area contributed by atoms with Crippen LogP contribution in [-0.2, 0) is 4.79 Å². The molecule has 1 N–H and O–H groups in total. The molecule has 2 aromatic carbocycles. The summed E-state index contributed by atoms with van der Waals surface area (Å²) in [6.45, 7) is 6.79. The summed E-state index contributed by atoms with van der Waals surface area (Å²) in [4.78, 5) is 15.3. The Labute approximate surface area is 165 Å². The number of hydrogen-bond acceptors (Lipinski definition) is 4. The van der Waals surface area contributed by atoms with Crippen molar-refractivity contribution in [2.45, 2.75) is 26.3 Å². The Morgan fingerprint density at radius 1 is 1.11 bits per heavy atom. The molecule has 144 valence electrons. The molecule has 0 fully saturated rings. The van der Waals surface area contributed by atoms with E-state index in [4.69, 9.17) is 21.1 Å². The maximum atomic E-state index is 13.2. The van der Waals surface area contributed by atoms with Crippen molar-refractivity contribution < 1.29 is 14.3 Å². The SMILES string of the molecule is CCN(CC)C(C(=O)Nc1cc2c(cc1Cl)OCCCO2)c1ccccc1. The largest absolute Gasteiger partial charge is 0.490 e. The van der Waals surface area contributed by atoms with Crippen LogP contribution in [0.15, 0.2) is 42.5 Å². The first-order valence-electron chi connectivity index (χ1n) is 9.33. The average Bonchev–Trinajstić information content (AvgIpc) is 2.91. The maximum Gasteiger partial charge on any atom is 0.246 e. The average molecular weight is 389 g/mol. The standard InChI is InChI=1S/C21H25ClN2O3/c1-3-24(4-2)20(15-9-6-5-7-10-15)21(25)23-17-14-19-18(13-16(17)22)26-11-8-12-27-19/h5-7,9-10,13-14,20H,3-4,8,11-12H2,1-2H3,(H,23,25). The zero-order valence-corrected chi connectivity index (χ0v) is 16.5. The van der Waals surface area contributed by atoms with Crippen molar-refractivity contribution in [2.24, 2.45) is 0 Å². The Bertz CT molecular complexity index is 778. The van der Waals surface area contributed by atoms with Crippen LogP contribution in [-0.4, -0.2) is 37.1 Å². The highest BCUT2D eigenvalue weighted by molar-refractivity contribution is 6.34. The molecular formula is C21H25ClN2O3. The maximum absolute atomic E-state index is 13.2. The predicted octanol–water partition coefficient (Wildman–Crippen LogP) is 4.52. The van der Waals surface area contributed by atoms with Crippen LogP contribution < -0.4 is 14.8 Å². The van der Waals surface area contributed by atoms with Gasteiger partial charge in [-0.2, -0.15) is 0 Å². The van der Waals surface area contributed by atoms with Crippen molar-refractivity contribution in [3.05, 3.63) is 53.1 Å². The van der Waals surface area contributed by atoms with Gasteiger partial charge in [-0.3, -0.25) is 9.69 Å². The van der Waals surface area contributed by atoms with Crippen LogP contribution in [0.4, 0.5) is 5.69 Å². The van der Waals surface area contributed by atoms with E-state index >= 15 is 0 Å². The number of fused-ring (bicyclic) bond motifs is 1. The molecule has 1 unspecified atom stereocenters. The van der Waals surface area contributed by atoms with Crippen molar-refractivity contribution in [3.8, 4) is 11.5 Å². The summed E-state index contributed by atoms with van der Waals surface area (Å²) in [6.07, 6.45) is 0.812. The van der Waals surface area contributed by atoms with Crippen LogP contribution in [0.5, 0.6) is 11.5 Å². The van der Waals surface area contributed by atoms with E-state index in [0.29, 0.717) is 35.4 Å². The van der Waals surface area contributed by atoms with Gasteiger partial charge in [-0.25, -0.2) is 0 Å². The molecule has 2 aromatic rings. The van der Waals surface area contributed by atoms with Gasteiger partial charge in [0.15, 0.2) is 11.5 Å². The molecule has 1 atom stereocenters. The lowest BCUT2D eigenvalue weighted by Gasteiger charge is -2.29. The van der Waals surface area contributed by atoms with Gasteiger partial charge in [0.1, 0.15) is 6.04 Å². The summed E-state index contributed by atoms with van der Waals surface area (Å²) in [5.41, 5.74) is 1.48. The quantitative estimate of drug-likeness (QED) is 0.790. The molecule has 0 aromatic heterocycles. The lowest BCUT2D eigenvalue weighted by Crippen LogP contribution is -2.37. The van der Waals surface area contributed by atoms with Gasteiger partial charge < -0.3 is 14.8 Å². The Balaban J connectivity index is 1.88. The van der Waals surface area contributed by atoms with Gasteiger partial charge in [0.05, 0.1) is 23.9 Å². The monoisotopic (exact) mass is 388 g/mol.